The maximum absolute atomic E-state index is 15.0. The fourth-order valence-corrected chi connectivity index (χ4v) is 2.86. The number of halogens is 4. The molecule has 0 amide bonds. The highest BCUT2D eigenvalue weighted by atomic mass is 35.5. The molecule has 1 N–H and O–H groups in total. The summed E-state index contributed by atoms with van der Waals surface area (Å²) in [7, 11) is 0. The Labute approximate surface area is 168 Å². The van der Waals surface area contributed by atoms with Crippen LogP contribution in [0.5, 0.6) is 11.5 Å². The van der Waals surface area contributed by atoms with E-state index in [4.69, 9.17) is 21.6 Å². The molecule has 148 valence electrons. The van der Waals surface area contributed by atoms with Crippen molar-refractivity contribution in [2.75, 3.05) is 0 Å². The monoisotopic (exact) mass is 419 g/mol. The number of aryl methyl sites for hydroxylation is 1. The molecule has 0 aliphatic heterocycles. The van der Waals surface area contributed by atoms with E-state index in [0.29, 0.717) is 11.3 Å². The van der Waals surface area contributed by atoms with Crippen LogP contribution in [0.4, 0.5) is 13.2 Å². The first-order valence-electron chi connectivity index (χ1n) is 8.31. The van der Waals surface area contributed by atoms with Crippen LogP contribution in [0.25, 0.3) is 0 Å². The number of hydrogen-bond donors (Lipinski definition) is 1. The number of nitriles is 1. The van der Waals surface area contributed by atoms with Gasteiger partial charge in [-0.2, -0.15) is 10.4 Å². The van der Waals surface area contributed by atoms with Crippen molar-refractivity contribution in [1.29, 1.82) is 5.26 Å². The minimum atomic E-state index is -2.83. The van der Waals surface area contributed by atoms with Gasteiger partial charge in [0, 0.05) is 18.1 Å². The second kappa shape index (κ2) is 8.37. The fourth-order valence-electron chi connectivity index (χ4n) is 2.68. The first-order chi connectivity index (χ1) is 13.8. The number of H-pyrrole nitrogens is 1. The second-order valence-electron chi connectivity index (χ2n) is 6.19. The molecule has 9 heteroatoms. The summed E-state index contributed by atoms with van der Waals surface area (Å²) in [6, 6.07) is 9.18. The Bertz CT molecular complexity index is 1170. The summed E-state index contributed by atoms with van der Waals surface area (Å²) in [4.78, 5) is 11.3. The molecular formula is C20H13ClF3N3O2. The van der Waals surface area contributed by atoms with Gasteiger partial charge in [-0.15, -0.1) is 0 Å². The van der Waals surface area contributed by atoms with E-state index in [9.17, 15) is 13.6 Å². The quantitative estimate of drug-likeness (QED) is 0.626. The van der Waals surface area contributed by atoms with Gasteiger partial charge in [0.1, 0.15) is 5.75 Å². The molecule has 5 nitrogen and oxygen atoms in total. The average molecular weight is 420 g/mol. The van der Waals surface area contributed by atoms with Crippen LogP contribution >= 0.6 is 11.6 Å². The van der Waals surface area contributed by atoms with Crippen LogP contribution in [-0.2, 0) is 6.42 Å². The predicted octanol–water partition coefficient (Wildman–Crippen LogP) is 5.06. The first kappa shape index (κ1) is 20.4. The molecule has 1 heterocycles. The highest BCUT2D eigenvalue weighted by Crippen LogP contribution is 2.36. The molecule has 0 saturated carbocycles. The van der Waals surface area contributed by atoms with E-state index < -0.39 is 17.8 Å². The molecule has 1 aromatic heterocycles. The van der Waals surface area contributed by atoms with Crippen LogP contribution in [0.15, 0.2) is 41.2 Å². The Morgan fingerprint density at radius 2 is 2.03 bits per heavy atom. The molecule has 3 aromatic rings. The van der Waals surface area contributed by atoms with Crippen molar-refractivity contribution in [2.24, 2.45) is 0 Å². The number of nitrogens with one attached hydrogen (secondary N) is 1. The van der Waals surface area contributed by atoms with Crippen LogP contribution in [0.1, 0.15) is 34.4 Å². The maximum Gasteiger partial charge on any atom is 0.264 e. The highest BCUT2D eigenvalue weighted by Gasteiger charge is 2.18. The van der Waals surface area contributed by atoms with Crippen molar-refractivity contribution in [3.63, 3.8) is 0 Å². The molecule has 0 aliphatic rings. The minimum Gasteiger partial charge on any atom is -0.453 e. The molecule has 0 spiro atoms. The second-order valence-corrected chi connectivity index (χ2v) is 6.60. The lowest BCUT2D eigenvalue weighted by Gasteiger charge is -2.13. The number of ether oxygens (including phenoxy) is 1. The maximum atomic E-state index is 15.0. The average Bonchev–Trinajstić information content (AvgIpc) is 2.68. The fraction of sp³-hybridized carbons (Fsp3) is 0.150. The van der Waals surface area contributed by atoms with Crippen LogP contribution < -0.4 is 10.3 Å². The van der Waals surface area contributed by atoms with Crippen LogP contribution in [0, 0.1) is 24.1 Å². The lowest BCUT2D eigenvalue weighted by atomic mass is 10.1. The third-order valence-corrected chi connectivity index (χ3v) is 4.42. The third kappa shape index (κ3) is 4.58. The first-order valence-corrected chi connectivity index (χ1v) is 8.69. The molecule has 0 aliphatic carbocycles. The van der Waals surface area contributed by atoms with E-state index in [1.54, 1.807) is 13.0 Å². The molecule has 0 unspecified atom stereocenters. The van der Waals surface area contributed by atoms with E-state index in [1.165, 1.54) is 24.3 Å². The normalized spacial score (nSPS) is 10.8. The van der Waals surface area contributed by atoms with Crippen molar-refractivity contribution in [3.8, 4) is 17.6 Å². The van der Waals surface area contributed by atoms with Crippen molar-refractivity contribution in [1.82, 2.24) is 10.2 Å². The molecule has 0 atom stereocenters. The predicted molar refractivity (Wildman–Crippen MR) is 100.0 cm³/mol. The number of hydrogen-bond acceptors (Lipinski definition) is 4. The van der Waals surface area contributed by atoms with E-state index in [2.05, 4.69) is 10.2 Å². The van der Waals surface area contributed by atoms with Gasteiger partial charge < -0.3 is 4.74 Å². The van der Waals surface area contributed by atoms with Gasteiger partial charge in [0.25, 0.3) is 12.0 Å². The number of alkyl halides is 2. The summed E-state index contributed by atoms with van der Waals surface area (Å²) < 4.78 is 46.5. The number of aromatic nitrogens is 2. The van der Waals surface area contributed by atoms with Gasteiger partial charge in [-0.05, 0) is 42.3 Å². The van der Waals surface area contributed by atoms with E-state index in [1.807, 2.05) is 0 Å². The third-order valence-electron chi connectivity index (χ3n) is 4.12. The number of benzene rings is 2. The van der Waals surface area contributed by atoms with Crippen molar-refractivity contribution < 1.29 is 17.9 Å². The SMILES string of the molecule is Cc1cc(=O)[nH]nc1Cc1ccc(Cl)c(Oc2cc(C#N)cc(C(F)F)c2)c1F. The summed E-state index contributed by atoms with van der Waals surface area (Å²) in [5, 5.41) is 15.1. The Hall–Kier alpha value is -3.31. The molecule has 29 heavy (non-hydrogen) atoms. The van der Waals surface area contributed by atoms with Gasteiger partial charge >= 0.3 is 0 Å². The smallest absolute Gasteiger partial charge is 0.264 e. The van der Waals surface area contributed by atoms with Crippen LogP contribution in [-0.4, -0.2) is 10.2 Å². The number of nitrogens with zero attached hydrogens (tertiary/aromatic N) is 2. The van der Waals surface area contributed by atoms with E-state index in [-0.39, 0.29) is 39.6 Å². The van der Waals surface area contributed by atoms with Gasteiger partial charge in [-0.25, -0.2) is 18.3 Å². The minimum absolute atomic E-state index is 0.0441. The summed E-state index contributed by atoms with van der Waals surface area (Å²) in [6.07, 6.45) is -2.78. The molecule has 0 saturated heterocycles. The summed E-state index contributed by atoms with van der Waals surface area (Å²) in [5.41, 5.74) is 0.340. The lowest BCUT2D eigenvalue weighted by Crippen LogP contribution is -2.11. The van der Waals surface area contributed by atoms with Gasteiger partial charge in [0.15, 0.2) is 11.6 Å². The van der Waals surface area contributed by atoms with Crippen molar-refractivity contribution >= 4 is 11.6 Å². The zero-order valence-electron chi connectivity index (χ0n) is 15.0. The van der Waals surface area contributed by atoms with Crippen LogP contribution in [0.3, 0.4) is 0 Å². The van der Waals surface area contributed by atoms with Crippen LogP contribution in [0.2, 0.25) is 5.02 Å². The lowest BCUT2D eigenvalue weighted by molar-refractivity contribution is 0.151. The Kier molecular flexibility index (Phi) is 5.89. The van der Waals surface area contributed by atoms with Gasteiger partial charge in [0.2, 0.25) is 0 Å². The highest BCUT2D eigenvalue weighted by molar-refractivity contribution is 6.32. The Morgan fingerprint density at radius 3 is 2.69 bits per heavy atom. The van der Waals surface area contributed by atoms with Gasteiger partial charge in [0.05, 0.1) is 22.3 Å². The van der Waals surface area contributed by atoms with Gasteiger partial charge in [-0.1, -0.05) is 17.7 Å². The Morgan fingerprint density at radius 1 is 1.28 bits per heavy atom. The molecule has 0 radical (unpaired) electrons. The number of aromatic amines is 1. The summed E-state index contributed by atoms with van der Waals surface area (Å²) in [6.45, 7) is 1.67. The zero-order chi connectivity index (χ0) is 21.1. The topological polar surface area (TPSA) is 78.8 Å². The molecular weight excluding hydrogens is 407 g/mol. The molecule has 0 bridgehead atoms. The molecule has 0 fully saturated rings. The standard InChI is InChI=1S/C20H13ClF3N3O2/c1-10-4-17(28)27-26-16(10)8-12-2-3-15(21)19(18(12)22)29-14-6-11(9-25)5-13(7-14)20(23)24/h2-7,20H,8H2,1H3,(H,27,28). The summed E-state index contributed by atoms with van der Waals surface area (Å²) in [5.74, 6) is -1.30. The largest absolute Gasteiger partial charge is 0.453 e. The summed E-state index contributed by atoms with van der Waals surface area (Å²) >= 11 is 6.04. The molecule has 2 aromatic carbocycles. The number of rotatable bonds is 5. The molecule has 3 rings (SSSR count). The van der Waals surface area contributed by atoms with Gasteiger partial charge in [-0.3, -0.25) is 4.79 Å². The zero-order valence-corrected chi connectivity index (χ0v) is 15.7. The van der Waals surface area contributed by atoms with E-state index >= 15 is 4.39 Å². The van der Waals surface area contributed by atoms with Crippen molar-refractivity contribution in [2.45, 2.75) is 19.8 Å². The van der Waals surface area contributed by atoms with E-state index in [0.717, 1.165) is 12.1 Å². The van der Waals surface area contributed by atoms with Crippen molar-refractivity contribution in [3.05, 3.63) is 85.5 Å². The Balaban J connectivity index is 1.99.